The van der Waals surface area contributed by atoms with Gasteiger partial charge in [-0.05, 0) is 49.4 Å². The molecule has 27 heavy (non-hydrogen) atoms. The van der Waals surface area contributed by atoms with Crippen LogP contribution in [0.5, 0.6) is 5.75 Å². The summed E-state index contributed by atoms with van der Waals surface area (Å²) in [5.74, 6) is 1.02. The highest BCUT2D eigenvalue weighted by atomic mass is 32.2. The zero-order valence-corrected chi connectivity index (χ0v) is 16.4. The fraction of sp³-hybridized carbons (Fsp3) is 0.632. The van der Waals surface area contributed by atoms with Crippen molar-refractivity contribution < 1.29 is 22.7 Å². The Labute approximate surface area is 160 Å². The minimum Gasteiger partial charge on any atom is -0.497 e. The van der Waals surface area contributed by atoms with E-state index in [0.717, 1.165) is 32.4 Å². The average molecular weight is 394 g/mol. The van der Waals surface area contributed by atoms with E-state index in [1.54, 1.807) is 31.4 Å². The first kappa shape index (κ1) is 18.7. The Hall–Kier alpha value is -1.64. The van der Waals surface area contributed by atoms with E-state index in [1.807, 2.05) is 4.90 Å². The van der Waals surface area contributed by atoms with Crippen molar-refractivity contribution in [1.29, 1.82) is 0 Å². The minimum absolute atomic E-state index is 0.184. The SMILES string of the molecule is COc1ccc(S(=O)(=O)N2CC3(CC(CC(=O)N4CCCC4)CO3)C2)cc1. The maximum absolute atomic E-state index is 12.8. The van der Waals surface area contributed by atoms with Crippen LogP contribution in [0.2, 0.25) is 0 Å². The second-order valence-corrected chi connectivity index (χ2v) is 9.74. The summed E-state index contributed by atoms with van der Waals surface area (Å²) in [4.78, 5) is 14.5. The van der Waals surface area contributed by atoms with Crippen LogP contribution < -0.4 is 4.74 Å². The van der Waals surface area contributed by atoms with Crippen LogP contribution in [-0.2, 0) is 19.6 Å². The van der Waals surface area contributed by atoms with Crippen LogP contribution in [0, 0.1) is 5.92 Å². The van der Waals surface area contributed by atoms with Crippen LogP contribution in [0.15, 0.2) is 29.2 Å². The molecule has 148 valence electrons. The van der Waals surface area contributed by atoms with Crippen molar-refractivity contribution in [1.82, 2.24) is 9.21 Å². The largest absolute Gasteiger partial charge is 0.497 e. The lowest BCUT2D eigenvalue weighted by Gasteiger charge is -2.46. The number of amides is 1. The Bertz CT molecular complexity index is 796. The van der Waals surface area contributed by atoms with Crippen LogP contribution >= 0.6 is 0 Å². The van der Waals surface area contributed by atoms with Crippen LogP contribution in [0.3, 0.4) is 0 Å². The van der Waals surface area contributed by atoms with E-state index in [-0.39, 0.29) is 16.7 Å². The average Bonchev–Trinajstić information content (AvgIpc) is 3.30. The summed E-state index contributed by atoms with van der Waals surface area (Å²) in [5, 5.41) is 0. The number of carbonyl (C=O) groups excluding carboxylic acids is 1. The predicted octanol–water partition coefficient (Wildman–Crippen LogP) is 1.49. The minimum atomic E-state index is -3.52. The highest BCUT2D eigenvalue weighted by molar-refractivity contribution is 7.89. The number of ether oxygens (including phenoxy) is 2. The van der Waals surface area contributed by atoms with Gasteiger partial charge >= 0.3 is 0 Å². The lowest BCUT2D eigenvalue weighted by Crippen LogP contribution is -2.63. The molecule has 0 bridgehead atoms. The Morgan fingerprint density at radius 1 is 1.22 bits per heavy atom. The first-order chi connectivity index (χ1) is 12.9. The maximum atomic E-state index is 12.8. The third-order valence-corrected chi connectivity index (χ3v) is 7.64. The Morgan fingerprint density at radius 3 is 2.52 bits per heavy atom. The quantitative estimate of drug-likeness (QED) is 0.756. The molecular weight excluding hydrogens is 368 g/mol. The summed E-state index contributed by atoms with van der Waals surface area (Å²) in [7, 11) is -1.98. The van der Waals surface area contributed by atoms with Gasteiger partial charge < -0.3 is 14.4 Å². The summed E-state index contributed by atoms with van der Waals surface area (Å²) >= 11 is 0. The number of hydrogen-bond donors (Lipinski definition) is 0. The monoisotopic (exact) mass is 394 g/mol. The van der Waals surface area contributed by atoms with Crippen molar-refractivity contribution in [2.24, 2.45) is 5.92 Å². The fourth-order valence-electron chi connectivity index (χ4n) is 4.30. The molecule has 3 aliphatic rings. The van der Waals surface area contributed by atoms with Gasteiger partial charge in [-0.15, -0.1) is 0 Å². The van der Waals surface area contributed by atoms with Gasteiger partial charge in [-0.2, -0.15) is 4.31 Å². The molecule has 3 heterocycles. The molecule has 0 radical (unpaired) electrons. The van der Waals surface area contributed by atoms with Crippen molar-refractivity contribution >= 4 is 15.9 Å². The van der Waals surface area contributed by atoms with Crippen molar-refractivity contribution in [3.8, 4) is 5.75 Å². The molecule has 3 saturated heterocycles. The van der Waals surface area contributed by atoms with E-state index in [4.69, 9.17) is 9.47 Å². The number of benzene rings is 1. The number of rotatable bonds is 5. The normalized spacial score (nSPS) is 24.9. The molecule has 0 aliphatic carbocycles. The van der Waals surface area contributed by atoms with Crippen LogP contribution in [0.1, 0.15) is 25.7 Å². The predicted molar refractivity (Wildman–Crippen MR) is 99.0 cm³/mol. The van der Waals surface area contributed by atoms with Crippen molar-refractivity contribution in [3.05, 3.63) is 24.3 Å². The number of hydrogen-bond acceptors (Lipinski definition) is 5. The number of carbonyl (C=O) groups is 1. The lowest BCUT2D eigenvalue weighted by molar-refractivity contribution is -0.131. The molecule has 3 fully saturated rings. The van der Waals surface area contributed by atoms with Gasteiger partial charge in [0.1, 0.15) is 5.75 Å². The van der Waals surface area contributed by atoms with E-state index in [1.165, 1.54) is 4.31 Å². The summed E-state index contributed by atoms with van der Waals surface area (Å²) in [6.07, 6.45) is 3.44. The third-order valence-electron chi connectivity index (χ3n) is 5.83. The highest BCUT2D eigenvalue weighted by Crippen LogP contribution is 2.41. The molecule has 0 N–H and O–H groups in total. The molecule has 1 aromatic rings. The Balaban J connectivity index is 1.33. The molecule has 0 saturated carbocycles. The smallest absolute Gasteiger partial charge is 0.243 e. The number of nitrogens with zero attached hydrogens (tertiary/aromatic N) is 2. The van der Waals surface area contributed by atoms with E-state index >= 15 is 0 Å². The highest BCUT2D eigenvalue weighted by Gasteiger charge is 2.53. The topological polar surface area (TPSA) is 76.2 Å². The van der Waals surface area contributed by atoms with E-state index in [2.05, 4.69) is 0 Å². The zero-order valence-electron chi connectivity index (χ0n) is 15.6. The second kappa shape index (κ2) is 7.07. The van der Waals surface area contributed by atoms with Gasteiger partial charge in [0, 0.05) is 32.6 Å². The lowest BCUT2D eigenvalue weighted by atomic mass is 9.87. The number of likely N-dealkylation sites (tertiary alicyclic amines) is 1. The second-order valence-electron chi connectivity index (χ2n) is 7.80. The Morgan fingerprint density at radius 2 is 1.89 bits per heavy atom. The van der Waals surface area contributed by atoms with Crippen molar-refractivity contribution in [2.45, 2.75) is 36.2 Å². The van der Waals surface area contributed by atoms with Crippen LogP contribution in [-0.4, -0.2) is 69.0 Å². The fourth-order valence-corrected chi connectivity index (χ4v) is 5.88. The molecule has 3 aliphatic heterocycles. The van der Waals surface area contributed by atoms with Gasteiger partial charge in [-0.25, -0.2) is 8.42 Å². The first-order valence-electron chi connectivity index (χ1n) is 9.48. The molecule has 4 rings (SSSR count). The van der Waals surface area contributed by atoms with Crippen molar-refractivity contribution in [3.63, 3.8) is 0 Å². The molecule has 7 nitrogen and oxygen atoms in total. The summed E-state index contributed by atoms with van der Waals surface area (Å²) in [6, 6.07) is 6.42. The van der Waals surface area contributed by atoms with Gasteiger partial charge in [-0.3, -0.25) is 4.79 Å². The standard InChI is InChI=1S/C19H26N2O5S/c1-25-16-4-6-17(7-5-16)27(23,24)21-13-19(14-21)11-15(12-26-19)10-18(22)20-8-2-3-9-20/h4-7,15H,2-3,8-14H2,1H3. The molecule has 1 amide bonds. The molecule has 8 heteroatoms. The van der Waals surface area contributed by atoms with Crippen molar-refractivity contribution in [2.75, 3.05) is 39.9 Å². The van der Waals surface area contributed by atoms with E-state index < -0.39 is 15.6 Å². The third kappa shape index (κ3) is 3.58. The van der Waals surface area contributed by atoms with Crippen LogP contribution in [0.25, 0.3) is 0 Å². The summed E-state index contributed by atoms with van der Waals surface area (Å²) in [5.41, 5.74) is -0.421. The van der Waals surface area contributed by atoms with Crippen LogP contribution in [0.4, 0.5) is 0 Å². The van der Waals surface area contributed by atoms with Gasteiger partial charge in [0.25, 0.3) is 0 Å². The zero-order chi connectivity index (χ0) is 19.1. The summed E-state index contributed by atoms with van der Waals surface area (Å²) < 4.78 is 38.0. The molecule has 0 aromatic heterocycles. The maximum Gasteiger partial charge on any atom is 0.243 e. The number of sulfonamides is 1. The molecule has 1 spiro atoms. The Kier molecular flexibility index (Phi) is 4.90. The molecule has 1 aromatic carbocycles. The molecule has 1 atom stereocenters. The summed E-state index contributed by atoms with van der Waals surface area (Å²) in [6.45, 7) is 2.98. The van der Waals surface area contributed by atoms with Gasteiger partial charge in [0.2, 0.25) is 15.9 Å². The van der Waals surface area contributed by atoms with E-state index in [9.17, 15) is 13.2 Å². The van der Waals surface area contributed by atoms with Gasteiger partial charge in [-0.1, -0.05) is 0 Å². The number of methoxy groups -OCH3 is 1. The molecular formula is C19H26N2O5S. The van der Waals surface area contributed by atoms with E-state index in [0.29, 0.717) is 31.9 Å². The van der Waals surface area contributed by atoms with Gasteiger partial charge in [0.15, 0.2) is 0 Å². The molecule has 1 unspecified atom stereocenters. The van der Waals surface area contributed by atoms with Gasteiger partial charge in [0.05, 0.1) is 24.2 Å². The first-order valence-corrected chi connectivity index (χ1v) is 10.9.